The third-order valence-electron chi connectivity index (χ3n) is 3.22. The molecular weight excluding hydrogens is 286 g/mol. The zero-order valence-electron chi connectivity index (χ0n) is 12.2. The van der Waals surface area contributed by atoms with E-state index in [9.17, 15) is 4.79 Å². The Morgan fingerprint density at radius 2 is 2.05 bits per heavy atom. The lowest BCUT2D eigenvalue weighted by molar-refractivity contribution is 0.370. The Morgan fingerprint density at radius 3 is 2.71 bits per heavy atom. The Kier molecular flexibility index (Phi) is 4.72. The largest absolute Gasteiger partial charge is 0.481 e. The Balaban J connectivity index is 2.39. The number of rotatable bonds is 3. The fourth-order valence-electron chi connectivity index (χ4n) is 2.08. The van der Waals surface area contributed by atoms with Crippen molar-refractivity contribution in [2.45, 2.75) is 13.8 Å². The van der Waals surface area contributed by atoms with Crippen LogP contribution in [0.3, 0.4) is 0 Å². The molecule has 0 atom stereocenters. The average molecular weight is 302 g/mol. The standard InChI is InChI=1S/C17H16ClNO2/c1-4-5-10-21-13-6-7-14(12(2)11-13)16-9-8-15(18)17(20)19(16)3/h6-9,11H,10H2,1-3H3. The van der Waals surface area contributed by atoms with Crippen LogP contribution in [0, 0.1) is 18.8 Å². The average Bonchev–Trinajstić information content (AvgIpc) is 2.46. The summed E-state index contributed by atoms with van der Waals surface area (Å²) >= 11 is 5.84. The first-order valence-electron chi connectivity index (χ1n) is 6.53. The molecule has 4 heteroatoms. The molecule has 0 spiro atoms. The van der Waals surface area contributed by atoms with E-state index in [1.807, 2.05) is 31.2 Å². The summed E-state index contributed by atoms with van der Waals surface area (Å²) in [4.78, 5) is 11.9. The number of pyridine rings is 1. The van der Waals surface area contributed by atoms with Gasteiger partial charge in [0.2, 0.25) is 0 Å². The van der Waals surface area contributed by atoms with Crippen LogP contribution in [0.1, 0.15) is 12.5 Å². The summed E-state index contributed by atoms with van der Waals surface area (Å²) in [6, 6.07) is 9.21. The van der Waals surface area contributed by atoms with Gasteiger partial charge in [0.25, 0.3) is 5.56 Å². The zero-order valence-corrected chi connectivity index (χ0v) is 13.0. The van der Waals surface area contributed by atoms with E-state index in [1.165, 1.54) is 0 Å². The second kappa shape index (κ2) is 6.51. The van der Waals surface area contributed by atoms with Gasteiger partial charge in [0, 0.05) is 12.6 Å². The molecule has 0 saturated carbocycles. The van der Waals surface area contributed by atoms with Gasteiger partial charge in [-0.3, -0.25) is 4.79 Å². The first kappa shape index (κ1) is 15.2. The van der Waals surface area contributed by atoms with Crippen LogP contribution in [-0.2, 0) is 7.05 Å². The summed E-state index contributed by atoms with van der Waals surface area (Å²) in [5.74, 6) is 6.40. The van der Waals surface area contributed by atoms with Gasteiger partial charge < -0.3 is 9.30 Å². The summed E-state index contributed by atoms with van der Waals surface area (Å²) in [7, 11) is 1.71. The van der Waals surface area contributed by atoms with Gasteiger partial charge in [0.15, 0.2) is 0 Å². The first-order valence-corrected chi connectivity index (χ1v) is 6.91. The molecule has 1 heterocycles. The molecule has 3 nitrogen and oxygen atoms in total. The van der Waals surface area contributed by atoms with Crippen LogP contribution < -0.4 is 10.3 Å². The minimum Gasteiger partial charge on any atom is -0.481 e. The summed E-state index contributed by atoms with van der Waals surface area (Å²) in [6.07, 6.45) is 0. The molecule has 0 amide bonds. The summed E-state index contributed by atoms with van der Waals surface area (Å²) in [5, 5.41) is 0.219. The number of nitrogens with zero attached hydrogens (tertiary/aromatic N) is 1. The third-order valence-corrected chi connectivity index (χ3v) is 3.51. The maximum absolute atomic E-state index is 11.9. The SMILES string of the molecule is CC#CCOc1ccc(-c2ccc(Cl)c(=O)n2C)c(C)c1. The molecule has 21 heavy (non-hydrogen) atoms. The van der Waals surface area contributed by atoms with Gasteiger partial charge in [0.05, 0.1) is 5.69 Å². The number of hydrogen-bond acceptors (Lipinski definition) is 2. The molecular formula is C17H16ClNO2. The lowest BCUT2D eigenvalue weighted by atomic mass is 10.0. The van der Waals surface area contributed by atoms with Crippen molar-refractivity contribution in [3.8, 4) is 28.8 Å². The molecule has 2 rings (SSSR count). The van der Waals surface area contributed by atoms with E-state index < -0.39 is 0 Å². The third kappa shape index (κ3) is 3.29. The van der Waals surface area contributed by atoms with Crippen LogP contribution in [0.15, 0.2) is 35.1 Å². The van der Waals surface area contributed by atoms with E-state index in [2.05, 4.69) is 11.8 Å². The number of benzene rings is 1. The molecule has 0 aliphatic carbocycles. The van der Waals surface area contributed by atoms with Gasteiger partial charge in [-0.05, 0) is 49.7 Å². The minimum absolute atomic E-state index is 0.202. The lowest BCUT2D eigenvalue weighted by Crippen LogP contribution is -2.18. The van der Waals surface area contributed by atoms with Crippen LogP contribution in [0.2, 0.25) is 5.02 Å². The highest BCUT2D eigenvalue weighted by molar-refractivity contribution is 6.30. The molecule has 2 aromatic rings. The van der Waals surface area contributed by atoms with Crippen molar-refractivity contribution >= 4 is 11.6 Å². The van der Waals surface area contributed by atoms with Crippen LogP contribution in [0.5, 0.6) is 5.75 Å². The minimum atomic E-state index is -0.202. The number of aromatic nitrogens is 1. The number of halogens is 1. The Morgan fingerprint density at radius 1 is 1.29 bits per heavy atom. The summed E-state index contributed by atoms with van der Waals surface area (Å²) in [5.41, 5.74) is 2.61. The highest BCUT2D eigenvalue weighted by Gasteiger charge is 2.09. The van der Waals surface area contributed by atoms with E-state index >= 15 is 0 Å². The molecule has 0 saturated heterocycles. The smallest absolute Gasteiger partial charge is 0.269 e. The second-order valence-electron chi connectivity index (χ2n) is 4.62. The van der Waals surface area contributed by atoms with E-state index in [-0.39, 0.29) is 10.6 Å². The molecule has 0 aliphatic rings. The van der Waals surface area contributed by atoms with Gasteiger partial charge in [-0.25, -0.2) is 0 Å². The normalized spacial score (nSPS) is 9.90. The fraction of sp³-hybridized carbons (Fsp3) is 0.235. The molecule has 0 N–H and O–H groups in total. The van der Waals surface area contributed by atoms with Crippen molar-refractivity contribution in [1.29, 1.82) is 0 Å². The number of aryl methyl sites for hydroxylation is 1. The quantitative estimate of drug-likeness (QED) is 0.814. The van der Waals surface area contributed by atoms with Crippen LogP contribution >= 0.6 is 11.6 Å². The fourth-order valence-corrected chi connectivity index (χ4v) is 2.27. The lowest BCUT2D eigenvalue weighted by Gasteiger charge is -2.12. The molecule has 1 aromatic heterocycles. The molecule has 0 radical (unpaired) electrons. The van der Waals surface area contributed by atoms with E-state index in [1.54, 1.807) is 24.6 Å². The topological polar surface area (TPSA) is 31.2 Å². The number of ether oxygens (including phenoxy) is 1. The van der Waals surface area contributed by atoms with Gasteiger partial charge in [-0.2, -0.15) is 0 Å². The first-order chi connectivity index (χ1) is 10.0. The van der Waals surface area contributed by atoms with Crippen LogP contribution in [0.25, 0.3) is 11.3 Å². The highest BCUT2D eigenvalue weighted by Crippen LogP contribution is 2.26. The zero-order chi connectivity index (χ0) is 15.4. The van der Waals surface area contributed by atoms with E-state index in [4.69, 9.17) is 16.3 Å². The molecule has 0 aliphatic heterocycles. The monoisotopic (exact) mass is 301 g/mol. The van der Waals surface area contributed by atoms with Crippen molar-refractivity contribution in [1.82, 2.24) is 4.57 Å². The van der Waals surface area contributed by atoms with Gasteiger partial charge in [0.1, 0.15) is 17.4 Å². The van der Waals surface area contributed by atoms with Crippen molar-refractivity contribution in [2.24, 2.45) is 7.05 Å². The molecule has 0 fully saturated rings. The predicted molar refractivity (Wildman–Crippen MR) is 85.8 cm³/mol. The summed E-state index contributed by atoms with van der Waals surface area (Å²) in [6.45, 7) is 4.13. The van der Waals surface area contributed by atoms with E-state index in [0.717, 1.165) is 22.6 Å². The molecule has 1 aromatic carbocycles. The molecule has 0 bridgehead atoms. The van der Waals surface area contributed by atoms with Gasteiger partial charge in [-0.1, -0.05) is 17.5 Å². The molecule has 108 valence electrons. The van der Waals surface area contributed by atoms with E-state index in [0.29, 0.717) is 6.61 Å². The Bertz CT molecular complexity index is 782. The maximum Gasteiger partial charge on any atom is 0.269 e. The Hall–Kier alpha value is -2.18. The van der Waals surface area contributed by atoms with Gasteiger partial charge in [-0.15, -0.1) is 5.92 Å². The Labute approximate surface area is 129 Å². The second-order valence-corrected chi connectivity index (χ2v) is 5.03. The van der Waals surface area contributed by atoms with Crippen LogP contribution in [-0.4, -0.2) is 11.2 Å². The highest BCUT2D eigenvalue weighted by atomic mass is 35.5. The predicted octanol–water partition coefficient (Wildman–Crippen LogP) is 3.42. The molecule has 0 unspecified atom stereocenters. The van der Waals surface area contributed by atoms with Crippen molar-refractivity contribution < 1.29 is 4.74 Å². The van der Waals surface area contributed by atoms with Crippen LogP contribution in [0.4, 0.5) is 0 Å². The van der Waals surface area contributed by atoms with Crippen molar-refractivity contribution in [2.75, 3.05) is 6.61 Å². The van der Waals surface area contributed by atoms with Crippen molar-refractivity contribution in [3.63, 3.8) is 0 Å². The maximum atomic E-state index is 11.9. The van der Waals surface area contributed by atoms with Crippen molar-refractivity contribution in [3.05, 3.63) is 51.3 Å². The van der Waals surface area contributed by atoms with Gasteiger partial charge >= 0.3 is 0 Å². The summed E-state index contributed by atoms with van der Waals surface area (Å²) < 4.78 is 7.08. The number of hydrogen-bond donors (Lipinski definition) is 0.